The number of unbranched alkanes of at least 4 members (excludes halogenated alkanes) is 15. The molecule has 0 aromatic rings. The molecule has 0 atom stereocenters. The maximum Gasteiger partial charge on any atom is 0.336 e. The zero-order chi connectivity index (χ0) is 29.1. The van der Waals surface area contributed by atoms with E-state index in [1.807, 2.05) is 0 Å². The van der Waals surface area contributed by atoms with Crippen molar-refractivity contribution in [1.82, 2.24) is 10.2 Å². The molecule has 0 aliphatic heterocycles. The van der Waals surface area contributed by atoms with E-state index < -0.39 is 36.4 Å². The van der Waals surface area contributed by atoms with Crippen LogP contribution in [-0.4, -0.2) is 82.6 Å². The highest BCUT2D eigenvalue weighted by atomic mass is 16.4. The number of carboxylic acid groups (broad SMARTS) is 3. The molecule has 38 heavy (non-hydrogen) atoms. The van der Waals surface area contributed by atoms with Gasteiger partial charge in [0.1, 0.15) is 0 Å². The molecule has 0 heterocycles. The molecule has 0 bridgehead atoms. The molecule has 0 aromatic heterocycles. The van der Waals surface area contributed by atoms with Gasteiger partial charge in [-0.2, -0.15) is 0 Å². The predicted molar refractivity (Wildman–Crippen MR) is 153 cm³/mol. The molecule has 9 heteroatoms. The van der Waals surface area contributed by atoms with Crippen LogP contribution in [0.4, 0.5) is 0 Å². The minimum absolute atomic E-state index is 1.14. The highest BCUT2D eigenvalue weighted by Gasteiger charge is 2.40. The molecule has 5 N–H and O–H groups in total. The van der Waals surface area contributed by atoms with Gasteiger partial charge in [0.25, 0.3) is 0 Å². The summed E-state index contributed by atoms with van der Waals surface area (Å²) in [5.74, 6) is -5.02. The molecule has 0 aromatic carbocycles. The van der Waals surface area contributed by atoms with Crippen molar-refractivity contribution < 1.29 is 34.8 Å². The van der Waals surface area contributed by atoms with Crippen molar-refractivity contribution >= 4 is 17.9 Å². The van der Waals surface area contributed by atoms with Crippen molar-refractivity contribution in [2.75, 3.05) is 33.7 Å². The third kappa shape index (κ3) is 28.9. The predicted octanol–water partition coefficient (Wildman–Crippen LogP) is 5.54. The van der Waals surface area contributed by atoms with Gasteiger partial charge in [-0.05, 0) is 46.6 Å². The van der Waals surface area contributed by atoms with E-state index in [0.29, 0.717) is 0 Å². The summed E-state index contributed by atoms with van der Waals surface area (Å²) in [4.78, 5) is 32.7. The Morgan fingerprint density at radius 2 is 0.947 bits per heavy atom. The molecule has 0 radical (unpaired) electrons. The molecule has 226 valence electrons. The normalized spacial score (nSPS) is 11.3. The van der Waals surface area contributed by atoms with E-state index in [1.54, 1.807) is 0 Å². The molecule has 0 aliphatic rings. The number of aliphatic hydroxyl groups is 1. The molecule has 0 fully saturated rings. The van der Waals surface area contributed by atoms with Gasteiger partial charge in [0, 0.05) is 0 Å². The monoisotopic (exact) mass is 546 g/mol. The van der Waals surface area contributed by atoms with Crippen molar-refractivity contribution in [3.8, 4) is 0 Å². The summed E-state index contributed by atoms with van der Waals surface area (Å²) < 4.78 is 0. The lowest BCUT2D eigenvalue weighted by atomic mass is 9.96. The first kappa shape index (κ1) is 38.4. The average molecular weight is 547 g/mol. The first-order valence-electron chi connectivity index (χ1n) is 14.8. The Labute approximate surface area is 231 Å². The standard InChI is InChI=1S/C23H50N2.C6H8O7/c1-4-5-6-7-8-9-10-11-12-13-14-15-16-17-18-19-21-24-22-20-23-25(2)3;7-3(8)1-6(13,5(11)12)2-4(9)10/h24H,4-23H2,1-3H3;13H,1-2H2,(H,7,8)(H,9,10)(H,11,12). The molecule has 0 aliphatic carbocycles. The molecule has 0 amide bonds. The number of hydrogen-bond acceptors (Lipinski definition) is 6. The van der Waals surface area contributed by atoms with E-state index in [0.717, 1.165) is 0 Å². The second-order valence-electron chi connectivity index (χ2n) is 10.7. The summed E-state index contributed by atoms with van der Waals surface area (Å²) in [7, 11) is 4.30. The van der Waals surface area contributed by atoms with Crippen LogP contribution in [0.2, 0.25) is 0 Å². The number of hydrogen-bond donors (Lipinski definition) is 5. The van der Waals surface area contributed by atoms with Gasteiger partial charge in [-0.3, -0.25) is 9.59 Å². The zero-order valence-electron chi connectivity index (χ0n) is 24.5. The third-order valence-corrected chi connectivity index (χ3v) is 6.45. The molecule has 0 spiro atoms. The van der Waals surface area contributed by atoms with Gasteiger partial charge in [0.05, 0.1) is 12.8 Å². The Kier molecular flexibility index (Phi) is 27.2. The Balaban J connectivity index is 0. The lowest BCUT2D eigenvalue weighted by molar-refractivity contribution is -0.170. The summed E-state index contributed by atoms with van der Waals surface area (Å²) >= 11 is 0. The number of carboxylic acids is 3. The number of nitrogens with one attached hydrogen (secondary N) is 1. The van der Waals surface area contributed by atoms with Crippen molar-refractivity contribution in [2.24, 2.45) is 0 Å². The fourth-order valence-electron chi connectivity index (χ4n) is 4.16. The van der Waals surface area contributed by atoms with E-state index >= 15 is 0 Å². The van der Waals surface area contributed by atoms with E-state index in [-0.39, 0.29) is 0 Å². The molecular formula is C29H58N2O7. The van der Waals surface area contributed by atoms with E-state index in [9.17, 15) is 14.4 Å². The van der Waals surface area contributed by atoms with Crippen LogP contribution in [0.5, 0.6) is 0 Å². The molecular weight excluding hydrogens is 488 g/mol. The molecule has 0 unspecified atom stereocenters. The number of carbonyl (C=O) groups is 3. The number of aliphatic carboxylic acids is 3. The quantitative estimate of drug-likeness (QED) is 0.0882. The highest BCUT2D eigenvalue weighted by molar-refractivity contribution is 5.88. The fraction of sp³-hybridized carbons (Fsp3) is 0.897. The molecule has 0 saturated carbocycles. The van der Waals surface area contributed by atoms with Gasteiger partial charge in [-0.1, -0.05) is 103 Å². The van der Waals surface area contributed by atoms with Crippen LogP contribution in [0.1, 0.15) is 129 Å². The van der Waals surface area contributed by atoms with Gasteiger partial charge < -0.3 is 30.6 Å². The van der Waals surface area contributed by atoms with Crippen LogP contribution in [0.25, 0.3) is 0 Å². The largest absolute Gasteiger partial charge is 0.481 e. The fourth-order valence-corrected chi connectivity index (χ4v) is 4.16. The summed E-state index contributed by atoms with van der Waals surface area (Å²) in [5, 5.41) is 37.4. The molecule has 9 nitrogen and oxygen atoms in total. The molecule has 0 saturated heterocycles. The molecule has 0 rings (SSSR count). The number of rotatable bonds is 26. The summed E-state index contributed by atoms with van der Waals surface area (Å²) in [6.45, 7) is 5.89. The maximum atomic E-state index is 10.3. The van der Waals surface area contributed by atoms with Gasteiger partial charge in [-0.15, -0.1) is 0 Å². The van der Waals surface area contributed by atoms with Crippen LogP contribution >= 0.6 is 0 Å². The zero-order valence-corrected chi connectivity index (χ0v) is 24.5. The van der Waals surface area contributed by atoms with E-state index in [1.165, 1.54) is 129 Å². The van der Waals surface area contributed by atoms with Crippen molar-refractivity contribution in [2.45, 2.75) is 135 Å². The van der Waals surface area contributed by atoms with Crippen molar-refractivity contribution in [3.63, 3.8) is 0 Å². The van der Waals surface area contributed by atoms with E-state index in [4.69, 9.17) is 20.4 Å². The van der Waals surface area contributed by atoms with Gasteiger partial charge in [0.2, 0.25) is 0 Å². The lowest BCUT2D eigenvalue weighted by Gasteiger charge is -2.18. The van der Waals surface area contributed by atoms with Gasteiger partial charge >= 0.3 is 17.9 Å². The Hall–Kier alpha value is -1.71. The van der Waals surface area contributed by atoms with Crippen LogP contribution in [0, 0.1) is 0 Å². The Morgan fingerprint density at radius 1 is 0.605 bits per heavy atom. The van der Waals surface area contributed by atoms with Crippen LogP contribution in [-0.2, 0) is 14.4 Å². The number of nitrogens with zero attached hydrogens (tertiary/aromatic N) is 1. The van der Waals surface area contributed by atoms with Crippen LogP contribution < -0.4 is 5.32 Å². The van der Waals surface area contributed by atoms with Crippen molar-refractivity contribution in [1.29, 1.82) is 0 Å². The van der Waals surface area contributed by atoms with Crippen LogP contribution in [0.15, 0.2) is 0 Å². The minimum atomic E-state index is -2.74. The topological polar surface area (TPSA) is 147 Å². The minimum Gasteiger partial charge on any atom is -0.481 e. The smallest absolute Gasteiger partial charge is 0.336 e. The lowest BCUT2D eigenvalue weighted by Crippen LogP contribution is -2.42. The van der Waals surface area contributed by atoms with Crippen molar-refractivity contribution in [3.05, 3.63) is 0 Å². The second kappa shape index (κ2) is 26.9. The Morgan fingerprint density at radius 3 is 1.26 bits per heavy atom. The van der Waals surface area contributed by atoms with E-state index in [2.05, 4.69) is 31.2 Å². The third-order valence-electron chi connectivity index (χ3n) is 6.45. The van der Waals surface area contributed by atoms with Gasteiger partial charge in [0.15, 0.2) is 5.60 Å². The maximum absolute atomic E-state index is 10.3. The summed E-state index contributed by atoms with van der Waals surface area (Å²) in [5.41, 5.74) is -2.74. The average Bonchev–Trinajstić information content (AvgIpc) is 2.82. The van der Waals surface area contributed by atoms with Crippen LogP contribution in [0.3, 0.4) is 0 Å². The summed E-state index contributed by atoms with van der Waals surface area (Å²) in [6, 6.07) is 0. The first-order chi connectivity index (χ1) is 18.0. The SMILES string of the molecule is CCCCCCCCCCCCCCCCCCNCCCN(C)C.O=C(O)CC(O)(CC(=O)O)C(=O)O. The highest BCUT2D eigenvalue weighted by Crippen LogP contribution is 2.16. The summed E-state index contributed by atoms with van der Waals surface area (Å²) in [6.07, 6.45) is 22.2. The first-order valence-corrected chi connectivity index (χ1v) is 14.8. The van der Waals surface area contributed by atoms with Gasteiger partial charge in [-0.25, -0.2) is 4.79 Å². The second-order valence-corrected chi connectivity index (χ2v) is 10.7. The Bertz CT molecular complexity index is 569.